The average Bonchev–Trinajstić information content (AvgIpc) is 2.21. The molecule has 15 heavy (non-hydrogen) atoms. The predicted molar refractivity (Wildman–Crippen MR) is 61.8 cm³/mol. The molecule has 0 heterocycles. The molecule has 0 saturated heterocycles. The van der Waals surface area contributed by atoms with Gasteiger partial charge in [0.1, 0.15) is 5.75 Å². The van der Waals surface area contributed by atoms with Crippen LogP contribution >= 0.6 is 0 Å². The molecular formula is C11H18N2O2. The SMILES string of the molecule is CC.CNOc1cccc(NC(C)=O)c1. The van der Waals surface area contributed by atoms with Crippen molar-refractivity contribution in [1.29, 1.82) is 0 Å². The Morgan fingerprint density at radius 3 is 2.53 bits per heavy atom. The van der Waals surface area contributed by atoms with Crippen molar-refractivity contribution < 1.29 is 9.63 Å². The van der Waals surface area contributed by atoms with Crippen molar-refractivity contribution in [2.24, 2.45) is 0 Å². The standard InChI is InChI=1S/C9H12N2O2.C2H6/c1-7(12)11-8-4-3-5-9(6-8)13-10-2;1-2/h3-6,10H,1-2H3,(H,11,12);1-2H3. The van der Waals surface area contributed by atoms with E-state index in [0.717, 1.165) is 5.69 Å². The van der Waals surface area contributed by atoms with Gasteiger partial charge in [0.05, 0.1) is 0 Å². The molecule has 84 valence electrons. The van der Waals surface area contributed by atoms with Crippen LogP contribution in [-0.4, -0.2) is 13.0 Å². The number of hydrogen-bond acceptors (Lipinski definition) is 3. The molecule has 1 aromatic rings. The topological polar surface area (TPSA) is 50.4 Å². The molecule has 0 bridgehead atoms. The van der Waals surface area contributed by atoms with E-state index in [2.05, 4.69) is 10.8 Å². The maximum absolute atomic E-state index is 10.7. The summed E-state index contributed by atoms with van der Waals surface area (Å²) in [5.74, 6) is 0.565. The molecule has 0 saturated carbocycles. The molecule has 0 aliphatic heterocycles. The van der Waals surface area contributed by atoms with E-state index in [0.29, 0.717) is 5.75 Å². The maximum atomic E-state index is 10.7. The molecule has 0 fully saturated rings. The first kappa shape index (κ1) is 13.4. The van der Waals surface area contributed by atoms with E-state index >= 15 is 0 Å². The van der Waals surface area contributed by atoms with Crippen molar-refractivity contribution in [3.05, 3.63) is 24.3 Å². The number of nitrogens with one attached hydrogen (secondary N) is 2. The lowest BCUT2D eigenvalue weighted by molar-refractivity contribution is -0.114. The first-order chi connectivity index (χ1) is 7.22. The Balaban J connectivity index is 0.000000921. The smallest absolute Gasteiger partial charge is 0.221 e. The third kappa shape index (κ3) is 5.70. The monoisotopic (exact) mass is 210 g/mol. The van der Waals surface area contributed by atoms with Crippen LogP contribution in [0.15, 0.2) is 24.3 Å². The fourth-order valence-corrected chi connectivity index (χ4v) is 0.958. The van der Waals surface area contributed by atoms with E-state index in [1.54, 1.807) is 31.3 Å². The molecule has 4 heteroatoms. The molecule has 0 radical (unpaired) electrons. The second-order valence-electron chi connectivity index (χ2n) is 2.52. The van der Waals surface area contributed by atoms with Gasteiger partial charge in [-0.15, -0.1) is 0 Å². The fourth-order valence-electron chi connectivity index (χ4n) is 0.958. The van der Waals surface area contributed by atoms with Crippen LogP contribution in [-0.2, 0) is 4.79 Å². The summed E-state index contributed by atoms with van der Waals surface area (Å²) in [5.41, 5.74) is 3.27. The normalized spacial score (nSPS) is 8.53. The number of carbonyl (C=O) groups is 1. The van der Waals surface area contributed by atoms with Crippen molar-refractivity contribution in [3.63, 3.8) is 0 Å². The summed E-state index contributed by atoms with van der Waals surface area (Å²) in [6, 6.07) is 7.13. The zero-order valence-corrected chi connectivity index (χ0v) is 9.63. The van der Waals surface area contributed by atoms with Crippen LogP contribution in [0.1, 0.15) is 20.8 Å². The molecule has 4 nitrogen and oxygen atoms in total. The van der Waals surface area contributed by atoms with Gasteiger partial charge in [-0.1, -0.05) is 19.9 Å². The van der Waals surface area contributed by atoms with Crippen LogP contribution in [0, 0.1) is 0 Å². The maximum Gasteiger partial charge on any atom is 0.221 e. The highest BCUT2D eigenvalue weighted by Gasteiger charge is 1.97. The van der Waals surface area contributed by atoms with E-state index in [4.69, 9.17) is 4.84 Å². The van der Waals surface area contributed by atoms with E-state index in [-0.39, 0.29) is 5.91 Å². The van der Waals surface area contributed by atoms with Gasteiger partial charge in [0.25, 0.3) is 0 Å². The highest BCUT2D eigenvalue weighted by atomic mass is 16.6. The number of carbonyl (C=O) groups excluding carboxylic acids is 1. The minimum atomic E-state index is -0.0957. The summed E-state index contributed by atoms with van der Waals surface area (Å²) in [6.07, 6.45) is 0. The fraction of sp³-hybridized carbons (Fsp3) is 0.364. The van der Waals surface area contributed by atoms with Crippen molar-refractivity contribution >= 4 is 11.6 Å². The Hall–Kier alpha value is -1.55. The molecular weight excluding hydrogens is 192 g/mol. The molecule has 0 aliphatic rings. The van der Waals surface area contributed by atoms with Gasteiger partial charge in [-0.05, 0) is 12.1 Å². The summed E-state index contributed by atoms with van der Waals surface area (Å²) in [6.45, 7) is 5.46. The Kier molecular flexibility index (Phi) is 7.01. The first-order valence-corrected chi connectivity index (χ1v) is 4.93. The van der Waals surface area contributed by atoms with E-state index in [1.807, 2.05) is 13.8 Å². The van der Waals surface area contributed by atoms with Gasteiger partial charge >= 0.3 is 0 Å². The zero-order chi connectivity index (χ0) is 11.7. The molecule has 1 amide bonds. The predicted octanol–water partition coefficient (Wildman–Crippen LogP) is 2.18. The summed E-state index contributed by atoms with van der Waals surface area (Å²) < 4.78 is 0. The lowest BCUT2D eigenvalue weighted by atomic mass is 10.3. The van der Waals surface area contributed by atoms with Crippen LogP contribution in [0.25, 0.3) is 0 Å². The van der Waals surface area contributed by atoms with Gasteiger partial charge in [0, 0.05) is 25.7 Å². The number of hydrogen-bond donors (Lipinski definition) is 2. The second-order valence-corrected chi connectivity index (χ2v) is 2.52. The summed E-state index contributed by atoms with van der Waals surface area (Å²) in [5, 5.41) is 2.66. The summed E-state index contributed by atoms with van der Waals surface area (Å²) >= 11 is 0. The summed E-state index contributed by atoms with van der Waals surface area (Å²) in [4.78, 5) is 15.7. The van der Waals surface area contributed by atoms with Crippen molar-refractivity contribution in [2.75, 3.05) is 12.4 Å². The Morgan fingerprint density at radius 2 is 2.00 bits per heavy atom. The highest BCUT2D eigenvalue weighted by molar-refractivity contribution is 5.88. The number of hydroxylamine groups is 1. The Labute approximate surface area is 90.6 Å². The number of benzene rings is 1. The van der Waals surface area contributed by atoms with Gasteiger partial charge in [0.2, 0.25) is 5.91 Å². The average molecular weight is 210 g/mol. The van der Waals surface area contributed by atoms with Crippen LogP contribution in [0.2, 0.25) is 0 Å². The molecule has 0 atom stereocenters. The van der Waals surface area contributed by atoms with E-state index in [9.17, 15) is 4.79 Å². The quantitative estimate of drug-likeness (QED) is 0.752. The third-order valence-corrected chi connectivity index (χ3v) is 1.37. The van der Waals surface area contributed by atoms with Crippen LogP contribution < -0.4 is 15.6 Å². The van der Waals surface area contributed by atoms with E-state index < -0.39 is 0 Å². The number of amides is 1. The molecule has 2 N–H and O–H groups in total. The molecule has 1 rings (SSSR count). The van der Waals surface area contributed by atoms with Crippen LogP contribution in [0.3, 0.4) is 0 Å². The Morgan fingerprint density at radius 1 is 1.33 bits per heavy atom. The van der Waals surface area contributed by atoms with Crippen molar-refractivity contribution in [3.8, 4) is 5.75 Å². The van der Waals surface area contributed by atoms with Gasteiger partial charge in [-0.25, -0.2) is 0 Å². The molecule has 1 aromatic carbocycles. The largest absolute Gasteiger partial charge is 0.409 e. The van der Waals surface area contributed by atoms with Crippen LogP contribution in [0.5, 0.6) is 5.75 Å². The number of rotatable bonds is 3. The Bertz CT molecular complexity index is 300. The lowest BCUT2D eigenvalue weighted by Crippen LogP contribution is -2.11. The van der Waals surface area contributed by atoms with Crippen LogP contribution in [0.4, 0.5) is 5.69 Å². The van der Waals surface area contributed by atoms with Gasteiger partial charge in [-0.2, -0.15) is 5.48 Å². The third-order valence-electron chi connectivity index (χ3n) is 1.37. The molecule has 0 unspecified atom stereocenters. The summed E-state index contributed by atoms with van der Waals surface area (Å²) in [7, 11) is 1.67. The highest BCUT2D eigenvalue weighted by Crippen LogP contribution is 2.16. The number of anilines is 1. The minimum absolute atomic E-state index is 0.0957. The molecule has 0 spiro atoms. The lowest BCUT2D eigenvalue weighted by Gasteiger charge is -2.05. The molecule has 0 aromatic heterocycles. The van der Waals surface area contributed by atoms with Crippen molar-refractivity contribution in [1.82, 2.24) is 5.48 Å². The molecule has 0 aliphatic carbocycles. The van der Waals surface area contributed by atoms with Crippen molar-refractivity contribution in [2.45, 2.75) is 20.8 Å². The van der Waals surface area contributed by atoms with Gasteiger partial charge in [-0.3, -0.25) is 4.79 Å². The van der Waals surface area contributed by atoms with E-state index in [1.165, 1.54) is 6.92 Å². The first-order valence-electron chi connectivity index (χ1n) is 4.93. The zero-order valence-electron chi connectivity index (χ0n) is 9.63. The second kappa shape index (κ2) is 7.82. The van der Waals surface area contributed by atoms with Gasteiger partial charge < -0.3 is 10.2 Å². The van der Waals surface area contributed by atoms with Gasteiger partial charge in [0.15, 0.2) is 0 Å². The minimum Gasteiger partial charge on any atom is -0.409 e.